The van der Waals surface area contributed by atoms with E-state index in [1.807, 2.05) is 44.2 Å². The summed E-state index contributed by atoms with van der Waals surface area (Å²) in [6.45, 7) is 3.67. The Bertz CT molecular complexity index is 1300. The van der Waals surface area contributed by atoms with E-state index in [9.17, 15) is 9.59 Å². The van der Waals surface area contributed by atoms with E-state index in [0.29, 0.717) is 21.4 Å². The number of amides is 1. The van der Waals surface area contributed by atoms with Crippen molar-refractivity contribution in [1.29, 1.82) is 0 Å². The molecule has 0 unspecified atom stereocenters. The molecule has 7 nitrogen and oxygen atoms in total. The van der Waals surface area contributed by atoms with Crippen molar-refractivity contribution in [3.05, 3.63) is 81.2 Å². The van der Waals surface area contributed by atoms with Gasteiger partial charge >= 0.3 is 5.69 Å². The maximum Gasteiger partial charge on any atom is 0.367 e. The van der Waals surface area contributed by atoms with E-state index in [-0.39, 0.29) is 12.5 Å². The van der Waals surface area contributed by atoms with E-state index in [1.165, 1.54) is 21.8 Å². The molecule has 0 spiro atoms. The van der Waals surface area contributed by atoms with Gasteiger partial charge in [0.15, 0.2) is 5.65 Å². The summed E-state index contributed by atoms with van der Waals surface area (Å²) >= 11 is 7.53. The van der Waals surface area contributed by atoms with Crippen molar-refractivity contribution in [3.63, 3.8) is 0 Å². The Morgan fingerprint density at radius 1 is 1.07 bits per heavy atom. The molecule has 0 aliphatic rings. The van der Waals surface area contributed by atoms with Gasteiger partial charge in [0.1, 0.15) is 11.6 Å². The zero-order chi connectivity index (χ0) is 21.3. The number of nitrogens with one attached hydrogen (secondary N) is 1. The number of rotatable bonds is 5. The van der Waals surface area contributed by atoms with Crippen LogP contribution in [0.25, 0.3) is 5.65 Å². The first-order valence-corrected chi connectivity index (χ1v) is 10.4. The van der Waals surface area contributed by atoms with E-state index in [0.717, 1.165) is 15.1 Å². The van der Waals surface area contributed by atoms with Crippen molar-refractivity contribution in [2.24, 2.45) is 0 Å². The summed E-state index contributed by atoms with van der Waals surface area (Å²) in [5, 5.41) is 12.5. The lowest BCUT2D eigenvalue weighted by Gasteiger charge is -2.06. The number of carbonyl (C=O) groups excluding carboxylic acids is 1. The fourth-order valence-corrected chi connectivity index (χ4v) is 3.74. The van der Waals surface area contributed by atoms with Crippen LogP contribution in [0.1, 0.15) is 11.1 Å². The van der Waals surface area contributed by atoms with Gasteiger partial charge in [-0.05, 0) is 55.8 Å². The average Bonchev–Trinajstić information content (AvgIpc) is 3.02. The van der Waals surface area contributed by atoms with E-state index in [4.69, 9.17) is 11.6 Å². The third-order valence-corrected chi connectivity index (χ3v) is 5.75. The fraction of sp³-hybridized carbons (Fsp3) is 0.143. The summed E-state index contributed by atoms with van der Waals surface area (Å²) in [5.41, 5.74) is 2.54. The first kappa shape index (κ1) is 20.2. The molecule has 0 bridgehead atoms. The van der Waals surface area contributed by atoms with Gasteiger partial charge in [0, 0.05) is 15.6 Å². The van der Waals surface area contributed by atoms with Crippen molar-refractivity contribution in [2.45, 2.75) is 30.3 Å². The zero-order valence-corrected chi connectivity index (χ0v) is 17.9. The third kappa shape index (κ3) is 4.39. The maximum atomic E-state index is 12.7. The molecule has 1 N–H and O–H groups in total. The van der Waals surface area contributed by atoms with Crippen molar-refractivity contribution in [3.8, 4) is 0 Å². The number of carbonyl (C=O) groups is 1. The lowest BCUT2D eigenvalue weighted by molar-refractivity contribution is -0.117. The van der Waals surface area contributed by atoms with Gasteiger partial charge in [0.2, 0.25) is 5.91 Å². The molecule has 30 heavy (non-hydrogen) atoms. The summed E-state index contributed by atoms with van der Waals surface area (Å²) in [4.78, 5) is 26.0. The Hall–Kier alpha value is -3.10. The molecule has 0 radical (unpaired) electrons. The second-order valence-electron chi connectivity index (χ2n) is 6.81. The lowest BCUT2D eigenvalue weighted by atomic mass is 10.2. The Morgan fingerprint density at radius 3 is 2.57 bits per heavy atom. The molecule has 0 saturated carbocycles. The molecule has 0 fully saturated rings. The zero-order valence-electron chi connectivity index (χ0n) is 16.3. The normalized spacial score (nSPS) is 11.0. The minimum atomic E-state index is -0.478. The maximum absolute atomic E-state index is 12.7. The Balaban J connectivity index is 1.52. The van der Waals surface area contributed by atoms with E-state index in [1.54, 1.807) is 24.3 Å². The monoisotopic (exact) mass is 439 g/mol. The highest BCUT2D eigenvalue weighted by molar-refractivity contribution is 7.99. The number of hydrogen-bond acceptors (Lipinski definition) is 5. The van der Waals surface area contributed by atoms with Crippen LogP contribution in [-0.2, 0) is 11.3 Å². The van der Waals surface area contributed by atoms with Gasteiger partial charge in [-0.25, -0.2) is 9.48 Å². The highest BCUT2D eigenvalue weighted by Gasteiger charge is 2.13. The highest BCUT2D eigenvalue weighted by Crippen LogP contribution is 2.25. The molecule has 9 heteroatoms. The first-order chi connectivity index (χ1) is 14.4. The molecule has 0 atom stereocenters. The van der Waals surface area contributed by atoms with Crippen LogP contribution in [0.5, 0.6) is 0 Å². The summed E-state index contributed by atoms with van der Waals surface area (Å²) in [6.07, 6.45) is 0. The number of aromatic nitrogens is 4. The fourth-order valence-electron chi connectivity index (χ4n) is 2.78. The number of nitrogens with zero attached hydrogens (tertiary/aromatic N) is 4. The molecule has 4 aromatic rings. The molecule has 2 aromatic carbocycles. The Kier molecular flexibility index (Phi) is 5.61. The van der Waals surface area contributed by atoms with E-state index in [2.05, 4.69) is 15.5 Å². The van der Waals surface area contributed by atoms with Gasteiger partial charge in [-0.3, -0.25) is 4.79 Å². The van der Waals surface area contributed by atoms with Gasteiger partial charge in [0.25, 0.3) is 0 Å². The quantitative estimate of drug-likeness (QED) is 0.509. The van der Waals surface area contributed by atoms with Crippen LogP contribution in [0.3, 0.4) is 0 Å². The van der Waals surface area contributed by atoms with Crippen LogP contribution < -0.4 is 11.0 Å². The number of aryl methyl sites for hydroxylation is 2. The number of hydrogen-bond donors (Lipinski definition) is 1. The van der Waals surface area contributed by atoms with E-state index >= 15 is 0 Å². The molecule has 4 rings (SSSR count). The lowest BCUT2D eigenvalue weighted by Crippen LogP contribution is -2.28. The van der Waals surface area contributed by atoms with Gasteiger partial charge in [-0.15, -0.1) is 5.10 Å². The summed E-state index contributed by atoms with van der Waals surface area (Å²) in [6, 6.07) is 16.8. The van der Waals surface area contributed by atoms with Gasteiger partial charge < -0.3 is 5.32 Å². The summed E-state index contributed by atoms with van der Waals surface area (Å²) < 4.78 is 2.29. The number of halogens is 1. The van der Waals surface area contributed by atoms with Crippen LogP contribution in [-0.4, -0.2) is 25.3 Å². The second kappa shape index (κ2) is 8.33. The third-order valence-electron chi connectivity index (χ3n) is 4.41. The number of benzene rings is 2. The predicted molar refractivity (Wildman–Crippen MR) is 117 cm³/mol. The van der Waals surface area contributed by atoms with Crippen molar-refractivity contribution < 1.29 is 4.79 Å². The minimum Gasteiger partial charge on any atom is -0.324 e. The van der Waals surface area contributed by atoms with Gasteiger partial charge in [-0.1, -0.05) is 47.1 Å². The Labute approximate surface area is 181 Å². The molecule has 0 aliphatic heterocycles. The van der Waals surface area contributed by atoms with Crippen LogP contribution in [0, 0.1) is 13.8 Å². The topological polar surface area (TPSA) is 81.3 Å². The first-order valence-electron chi connectivity index (χ1n) is 9.16. The molecular formula is C21H18ClN5O2S. The second-order valence-corrected chi connectivity index (χ2v) is 8.31. The number of fused-ring (bicyclic) bond motifs is 1. The van der Waals surface area contributed by atoms with Crippen LogP contribution in [0.4, 0.5) is 5.69 Å². The summed E-state index contributed by atoms with van der Waals surface area (Å²) in [5.74, 6) is -0.380. The minimum absolute atomic E-state index is 0.228. The van der Waals surface area contributed by atoms with Crippen molar-refractivity contribution >= 4 is 40.6 Å². The molecule has 1 amide bonds. The molecule has 2 heterocycles. The van der Waals surface area contributed by atoms with Crippen LogP contribution >= 0.6 is 23.4 Å². The predicted octanol–water partition coefficient (Wildman–Crippen LogP) is 3.95. The highest BCUT2D eigenvalue weighted by atomic mass is 35.5. The van der Waals surface area contributed by atoms with Crippen molar-refractivity contribution in [2.75, 3.05) is 5.32 Å². The average molecular weight is 440 g/mol. The molecule has 2 aromatic heterocycles. The molecule has 152 valence electrons. The molecular weight excluding hydrogens is 422 g/mol. The van der Waals surface area contributed by atoms with Crippen molar-refractivity contribution in [1.82, 2.24) is 19.4 Å². The molecule has 0 saturated heterocycles. The number of anilines is 1. The summed E-state index contributed by atoms with van der Waals surface area (Å²) in [7, 11) is 0. The van der Waals surface area contributed by atoms with E-state index < -0.39 is 5.69 Å². The smallest absolute Gasteiger partial charge is 0.324 e. The SMILES string of the molecule is Cc1ccc(Sc2ccc3nn(CC(=O)Nc4ccc(C)c(Cl)c4)c(=O)n3n2)cc1. The standard InChI is InChI=1S/C21H18ClN5O2S/c1-13-3-7-16(8-4-13)30-20-10-9-18-24-26(21(29)27(18)25-20)12-19(28)23-15-6-5-14(2)17(22)11-15/h3-11H,12H2,1-2H3,(H,23,28). The van der Waals surface area contributed by atoms with Crippen LogP contribution in [0.15, 0.2) is 69.3 Å². The molecule has 0 aliphatic carbocycles. The largest absolute Gasteiger partial charge is 0.367 e. The van der Waals surface area contributed by atoms with Gasteiger partial charge in [-0.2, -0.15) is 9.61 Å². The van der Waals surface area contributed by atoms with Gasteiger partial charge in [0.05, 0.1) is 0 Å². The Morgan fingerprint density at radius 2 is 1.83 bits per heavy atom. The van der Waals surface area contributed by atoms with Crippen LogP contribution in [0.2, 0.25) is 5.02 Å².